The predicted molar refractivity (Wildman–Crippen MR) is 101 cm³/mol. The SMILES string of the molecule is NC(N)=NCCCC1NC(=O)/C(=C/c2c[nH]c3cc(Cl)ccc23)NC1=O. The first-order chi connectivity index (χ1) is 12.4. The second-order valence-corrected chi connectivity index (χ2v) is 6.39. The quantitative estimate of drug-likeness (QED) is 0.229. The zero-order valence-electron chi connectivity index (χ0n) is 13.9. The number of aromatic amines is 1. The molecule has 1 aliphatic heterocycles. The number of aliphatic imine (C=N–C) groups is 1. The molecule has 0 spiro atoms. The van der Waals surface area contributed by atoms with Crippen LogP contribution in [0.2, 0.25) is 5.02 Å². The van der Waals surface area contributed by atoms with Gasteiger partial charge in [-0.25, -0.2) is 0 Å². The van der Waals surface area contributed by atoms with Crippen LogP contribution < -0.4 is 22.1 Å². The van der Waals surface area contributed by atoms with Crippen LogP contribution in [0.15, 0.2) is 35.1 Å². The van der Waals surface area contributed by atoms with Gasteiger partial charge in [0, 0.05) is 34.2 Å². The molecule has 2 heterocycles. The molecular weight excluding hydrogens is 356 g/mol. The number of H-pyrrole nitrogens is 1. The maximum Gasteiger partial charge on any atom is 0.268 e. The summed E-state index contributed by atoms with van der Waals surface area (Å²) < 4.78 is 0. The molecule has 1 aliphatic rings. The van der Waals surface area contributed by atoms with Gasteiger partial charge in [0.25, 0.3) is 5.91 Å². The normalized spacial score (nSPS) is 18.7. The molecule has 1 fully saturated rings. The number of amides is 2. The summed E-state index contributed by atoms with van der Waals surface area (Å²) in [5.74, 6) is -0.587. The molecule has 8 nitrogen and oxygen atoms in total. The Kier molecular flexibility index (Phi) is 5.13. The van der Waals surface area contributed by atoms with Crippen LogP contribution in [0, 0.1) is 0 Å². The molecule has 2 aromatic rings. The highest BCUT2D eigenvalue weighted by Gasteiger charge is 2.29. The number of rotatable bonds is 5. The molecule has 0 aliphatic carbocycles. The zero-order valence-corrected chi connectivity index (χ0v) is 14.6. The first kappa shape index (κ1) is 17.8. The summed E-state index contributed by atoms with van der Waals surface area (Å²) in [6, 6.07) is 4.82. The standard InChI is InChI=1S/C17H19ClN6O2/c18-10-3-4-11-9(8-22-13(11)7-10)6-14-16(26)23-12(15(25)24-14)2-1-5-21-17(19)20/h3-4,6-8,12,22H,1-2,5H2,(H,23,26)(H,24,25)(H4,19,20,21)/b14-6-. The molecule has 1 unspecified atom stereocenters. The third kappa shape index (κ3) is 3.97. The number of nitrogens with one attached hydrogen (secondary N) is 3. The molecule has 26 heavy (non-hydrogen) atoms. The Labute approximate surface area is 154 Å². The van der Waals surface area contributed by atoms with E-state index < -0.39 is 6.04 Å². The molecule has 0 saturated carbocycles. The van der Waals surface area contributed by atoms with Crippen LogP contribution >= 0.6 is 11.6 Å². The van der Waals surface area contributed by atoms with Gasteiger partial charge >= 0.3 is 0 Å². The van der Waals surface area contributed by atoms with Crippen molar-refractivity contribution in [1.29, 1.82) is 0 Å². The largest absolute Gasteiger partial charge is 0.370 e. The van der Waals surface area contributed by atoms with E-state index in [0.717, 1.165) is 16.5 Å². The number of piperazine rings is 1. The summed E-state index contributed by atoms with van der Waals surface area (Å²) >= 11 is 5.97. The fourth-order valence-electron chi connectivity index (χ4n) is 2.78. The van der Waals surface area contributed by atoms with Crippen LogP contribution in [-0.4, -0.2) is 35.3 Å². The Hall–Kier alpha value is -3.00. The van der Waals surface area contributed by atoms with Crippen molar-refractivity contribution in [2.75, 3.05) is 6.54 Å². The predicted octanol–water partition coefficient (Wildman–Crippen LogP) is 0.830. The molecule has 0 radical (unpaired) electrons. The smallest absolute Gasteiger partial charge is 0.268 e. The number of carbonyl (C=O) groups is 2. The van der Waals surface area contributed by atoms with Gasteiger partial charge in [-0.3, -0.25) is 14.6 Å². The summed E-state index contributed by atoms with van der Waals surface area (Å²) in [5.41, 5.74) is 12.3. The van der Waals surface area contributed by atoms with Crippen molar-refractivity contribution in [1.82, 2.24) is 15.6 Å². The van der Waals surface area contributed by atoms with Crippen molar-refractivity contribution in [3.8, 4) is 0 Å². The van der Waals surface area contributed by atoms with Crippen molar-refractivity contribution in [2.24, 2.45) is 16.5 Å². The van der Waals surface area contributed by atoms with Crippen molar-refractivity contribution in [2.45, 2.75) is 18.9 Å². The average molecular weight is 375 g/mol. The summed E-state index contributed by atoms with van der Waals surface area (Å²) in [7, 11) is 0. The van der Waals surface area contributed by atoms with Gasteiger partial charge in [0.05, 0.1) is 0 Å². The maximum absolute atomic E-state index is 12.3. The van der Waals surface area contributed by atoms with E-state index in [-0.39, 0.29) is 23.5 Å². The highest BCUT2D eigenvalue weighted by molar-refractivity contribution is 6.31. The van der Waals surface area contributed by atoms with Gasteiger partial charge in [-0.1, -0.05) is 17.7 Å². The van der Waals surface area contributed by atoms with E-state index in [2.05, 4.69) is 20.6 Å². The molecule has 2 amide bonds. The summed E-state index contributed by atoms with van der Waals surface area (Å²) in [5, 5.41) is 6.90. The number of hydrogen-bond acceptors (Lipinski definition) is 3. The maximum atomic E-state index is 12.3. The number of halogens is 1. The minimum atomic E-state index is -0.601. The van der Waals surface area contributed by atoms with E-state index in [0.29, 0.717) is 24.4 Å². The second kappa shape index (κ2) is 7.49. The minimum absolute atomic E-state index is 0.00682. The number of aromatic nitrogens is 1. The van der Waals surface area contributed by atoms with Crippen molar-refractivity contribution >= 4 is 46.4 Å². The van der Waals surface area contributed by atoms with E-state index in [4.69, 9.17) is 23.1 Å². The van der Waals surface area contributed by atoms with Crippen molar-refractivity contribution < 1.29 is 9.59 Å². The van der Waals surface area contributed by atoms with Gasteiger partial charge in [-0.05, 0) is 31.1 Å². The first-order valence-corrected chi connectivity index (χ1v) is 8.47. The van der Waals surface area contributed by atoms with E-state index in [1.54, 1.807) is 24.4 Å². The van der Waals surface area contributed by atoms with Gasteiger partial charge in [-0.15, -0.1) is 0 Å². The average Bonchev–Trinajstić information content (AvgIpc) is 2.97. The fraction of sp³-hybridized carbons (Fsp3) is 0.235. The molecule has 0 bridgehead atoms. The van der Waals surface area contributed by atoms with Crippen LogP contribution in [0.1, 0.15) is 18.4 Å². The number of guanidine groups is 1. The molecule has 1 aromatic carbocycles. The van der Waals surface area contributed by atoms with E-state index in [9.17, 15) is 9.59 Å². The lowest BCUT2D eigenvalue weighted by Gasteiger charge is -2.24. The van der Waals surface area contributed by atoms with E-state index >= 15 is 0 Å². The van der Waals surface area contributed by atoms with Crippen molar-refractivity contribution in [3.05, 3.63) is 40.7 Å². The zero-order chi connectivity index (χ0) is 18.7. The Morgan fingerprint density at radius 3 is 2.88 bits per heavy atom. The molecule has 1 aromatic heterocycles. The highest BCUT2D eigenvalue weighted by atomic mass is 35.5. The lowest BCUT2D eigenvalue weighted by atomic mass is 10.1. The third-order valence-corrected chi connectivity index (χ3v) is 4.28. The summed E-state index contributed by atoms with van der Waals surface area (Å²) in [4.78, 5) is 31.5. The molecule has 3 rings (SSSR count). The van der Waals surface area contributed by atoms with Crippen LogP contribution in [0.4, 0.5) is 0 Å². The van der Waals surface area contributed by atoms with E-state index in [1.807, 2.05) is 6.07 Å². The molecule has 1 saturated heterocycles. The Morgan fingerprint density at radius 2 is 2.12 bits per heavy atom. The van der Waals surface area contributed by atoms with Crippen LogP contribution in [0.5, 0.6) is 0 Å². The first-order valence-electron chi connectivity index (χ1n) is 8.09. The van der Waals surface area contributed by atoms with Crippen LogP contribution in [0.3, 0.4) is 0 Å². The monoisotopic (exact) mass is 374 g/mol. The second-order valence-electron chi connectivity index (χ2n) is 5.96. The minimum Gasteiger partial charge on any atom is -0.370 e. The molecule has 136 valence electrons. The lowest BCUT2D eigenvalue weighted by molar-refractivity contribution is -0.131. The fourth-order valence-corrected chi connectivity index (χ4v) is 2.95. The van der Waals surface area contributed by atoms with Gasteiger partial charge in [0.1, 0.15) is 11.7 Å². The Balaban J connectivity index is 1.70. The van der Waals surface area contributed by atoms with Gasteiger partial charge < -0.3 is 27.1 Å². The van der Waals surface area contributed by atoms with Gasteiger partial charge in [-0.2, -0.15) is 0 Å². The topological polar surface area (TPSA) is 138 Å². The number of fused-ring (bicyclic) bond motifs is 1. The van der Waals surface area contributed by atoms with Gasteiger partial charge in [0.15, 0.2) is 5.96 Å². The molecular formula is C17H19ClN6O2. The third-order valence-electron chi connectivity index (χ3n) is 4.05. The molecule has 9 heteroatoms. The van der Waals surface area contributed by atoms with Gasteiger partial charge in [0.2, 0.25) is 5.91 Å². The summed E-state index contributed by atoms with van der Waals surface area (Å²) in [6.45, 7) is 0.405. The number of nitrogens with two attached hydrogens (primary N) is 2. The number of carbonyl (C=O) groups excluding carboxylic acids is 2. The Morgan fingerprint density at radius 1 is 1.31 bits per heavy atom. The van der Waals surface area contributed by atoms with Crippen LogP contribution in [-0.2, 0) is 9.59 Å². The molecule has 7 N–H and O–H groups in total. The highest BCUT2D eigenvalue weighted by Crippen LogP contribution is 2.24. The Bertz CT molecular complexity index is 913. The molecule has 1 atom stereocenters. The van der Waals surface area contributed by atoms with E-state index in [1.165, 1.54) is 0 Å². The number of hydrogen-bond donors (Lipinski definition) is 5. The number of nitrogens with zero attached hydrogens (tertiary/aromatic N) is 1. The lowest BCUT2D eigenvalue weighted by Crippen LogP contribution is -2.54. The van der Waals surface area contributed by atoms with Crippen LogP contribution in [0.25, 0.3) is 17.0 Å². The number of benzene rings is 1. The summed E-state index contributed by atoms with van der Waals surface area (Å²) in [6.07, 6.45) is 4.43. The van der Waals surface area contributed by atoms with Crippen molar-refractivity contribution in [3.63, 3.8) is 0 Å².